The Morgan fingerprint density at radius 1 is 1.23 bits per heavy atom. The number of aliphatic hydroxyl groups is 1. The molecule has 1 amide bonds. The number of hydrogen-bond acceptors (Lipinski definition) is 5. The Hall–Kier alpha value is -1.44. The number of aliphatic hydroxyl groups excluding tert-OH is 1. The fraction of sp³-hybridized carbons (Fsp3) is 0.533. The van der Waals surface area contributed by atoms with Gasteiger partial charge in [-0.05, 0) is 24.6 Å². The predicted molar refractivity (Wildman–Crippen MR) is 83.7 cm³/mol. The second-order valence-electron chi connectivity index (χ2n) is 5.61. The Bertz CT molecular complexity index is 650. The van der Waals surface area contributed by atoms with E-state index in [1.165, 1.54) is 12.1 Å². The van der Waals surface area contributed by atoms with Gasteiger partial charge in [-0.2, -0.15) is 0 Å². The third kappa shape index (κ3) is 3.85. The lowest BCUT2D eigenvalue weighted by Crippen LogP contribution is -2.49. The number of carbonyl (C=O) groups is 1. The van der Waals surface area contributed by atoms with Crippen molar-refractivity contribution in [2.45, 2.75) is 11.8 Å². The highest BCUT2D eigenvalue weighted by atomic mass is 32.2. The van der Waals surface area contributed by atoms with Crippen molar-refractivity contribution in [3.8, 4) is 0 Å². The van der Waals surface area contributed by atoms with Gasteiger partial charge in [0.2, 0.25) is 0 Å². The molecular formula is C15H22N2O4S. The Morgan fingerprint density at radius 2 is 1.86 bits per heavy atom. The quantitative estimate of drug-likeness (QED) is 0.852. The van der Waals surface area contributed by atoms with Gasteiger partial charge in [-0.1, -0.05) is 6.07 Å². The van der Waals surface area contributed by atoms with Crippen LogP contribution in [-0.4, -0.2) is 74.8 Å². The molecule has 1 aromatic rings. The van der Waals surface area contributed by atoms with E-state index in [1.807, 2.05) is 0 Å². The van der Waals surface area contributed by atoms with Crippen LogP contribution in [0.5, 0.6) is 0 Å². The highest BCUT2D eigenvalue weighted by molar-refractivity contribution is 7.90. The van der Waals surface area contributed by atoms with E-state index >= 15 is 0 Å². The minimum atomic E-state index is -3.33. The van der Waals surface area contributed by atoms with E-state index in [-0.39, 0.29) is 17.4 Å². The fourth-order valence-electron chi connectivity index (χ4n) is 2.55. The largest absolute Gasteiger partial charge is 0.395 e. The van der Waals surface area contributed by atoms with Gasteiger partial charge in [0.05, 0.1) is 11.5 Å². The molecule has 0 aromatic heterocycles. The molecule has 0 bridgehead atoms. The second-order valence-corrected chi connectivity index (χ2v) is 7.62. The molecule has 0 aliphatic carbocycles. The summed E-state index contributed by atoms with van der Waals surface area (Å²) in [5.74, 6) is -0.133. The van der Waals surface area contributed by atoms with Crippen molar-refractivity contribution in [2.24, 2.45) is 0 Å². The molecule has 0 unspecified atom stereocenters. The van der Waals surface area contributed by atoms with Crippen LogP contribution in [0.15, 0.2) is 23.1 Å². The molecule has 22 heavy (non-hydrogen) atoms. The number of β-amino-alcohol motifs (C(OH)–C–C–N with tert-alkyl or cyclic N) is 1. The molecule has 2 rings (SSSR count). The molecule has 0 atom stereocenters. The van der Waals surface area contributed by atoms with Crippen molar-refractivity contribution in [1.29, 1.82) is 0 Å². The minimum absolute atomic E-state index is 0.115. The van der Waals surface area contributed by atoms with E-state index in [0.29, 0.717) is 25.2 Å². The summed E-state index contributed by atoms with van der Waals surface area (Å²) in [7, 11) is -3.33. The first-order valence-corrected chi connectivity index (χ1v) is 9.15. The Morgan fingerprint density at radius 3 is 2.41 bits per heavy atom. The SMILES string of the molecule is Cc1ccc(S(C)(=O)=O)cc1C(=O)N1CCN(CCO)CC1. The van der Waals surface area contributed by atoms with Crippen LogP contribution in [0.2, 0.25) is 0 Å². The highest BCUT2D eigenvalue weighted by Crippen LogP contribution is 2.18. The maximum atomic E-state index is 12.6. The lowest BCUT2D eigenvalue weighted by molar-refractivity contribution is 0.0614. The highest BCUT2D eigenvalue weighted by Gasteiger charge is 2.23. The van der Waals surface area contributed by atoms with Crippen LogP contribution in [0.3, 0.4) is 0 Å². The molecule has 7 heteroatoms. The molecule has 1 aromatic carbocycles. The van der Waals surface area contributed by atoms with Crippen LogP contribution in [-0.2, 0) is 9.84 Å². The first kappa shape index (κ1) is 16.9. The van der Waals surface area contributed by atoms with Crippen molar-refractivity contribution in [2.75, 3.05) is 45.6 Å². The van der Waals surface area contributed by atoms with Gasteiger partial charge in [-0.25, -0.2) is 8.42 Å². The van der Waals surface area contributed by atoms with E-state index in [1.54, 1.807) is 17.9 Å². The zero-order valence-electron chi connectivity index (χ0n) is 12.9. The standard InChI is InChI=1S/C15H22N2O4S/c1-12-3-4-13(22(2,20)21)11-14(12)15(19)17-7-5-16(6-8-17)9-10-18/h3-4,11,18H,5-10H2,1-2H3. The number of hydrogen-bond donors (Lipinski definition) is 1. The Balaban J connectivity index is 2.17. The maximum Gasteiger partial charge on any atom is 0.254 e. The summed E-state index contributed by atoms with van der Waals surface area (Å²) in [5.41, 5.74) is 1.22. The topological polar surface area (TPSA) is 77.9 Å². The maximum absolute atomic E-state index is 12.6. The summed E-state index contributed by atoms with van der Waals surface area (Å²) in [6, 6.07) is 4.67. The second kappa shape index (κ2) is 6.76. The lowest BCUT2D eigenvalue weighted by atomic mass is 10.1. The summed E-state index contributed by atoms with van der Waals surface area (Å²) in [4.78, 5) is 16.6. The number of piperazine rings is 1. The van der Waals surface area contributed by atoms with Gasteiger partial charge in [0.25, 0.3) is 5.91 Å². The number of carbonyl (C=O) groups excluding carboxylic acids is 1. The molecule has 6 nitrogen and oxygen atoms in total. The van der Waals surface area contributed by atoms with Gasteiger partial charge in [-0.3, -0.25) is 9.69 Å². The van der Waals surface area contributed by atoms with Crippen molar-refractivity contribution >= 4 is 15.7 Å². The predicted octanol–water partition coefficient (Wildman–Crippen LogP) is 0.149. The fourth-order valence-corrected chi connectivity index (χ4v) is 3.20. The molecule has 0 spiro atoms. The summed E-state index contributed by atoms with van der Waals surface area (Å²) in [6.07, 6.45) is 1.14. The van der Waals surface area contributed by atoms with Crippen molar-refractivity contribution in [3.05, 3.63) is 29.3 Å². The summed E-state index contributed by atoms with van der Waals surface area (Å²) < 4.78 is 23.3. The summed E-state index contributed by atoms with van der Waals surface area (Å²) in [5, 5.41) is 8.94. The normalized spacial score (nSPS) is 16.8. The van der Waals surface area contributed by atoms with Crippen LogP contribution < -0.4 is 0 Å². The van der Waals surface area contributed by atoms with Crippen LogP contribution >= 0.6 is 0 Å². The number of rotatable bonds is 4. The monoisotopic (exact) mass is 326 g/mol. The van der Waals surface area contributed by atoms with Crippen molar-refractivity contribution in [3.63, 3.8) is 0 Å². The lowest BCUT2D eigenvalue weighted by Gasteiger charge is -2.34. The Kier molecular flexibility index (Phi) is 5.20. The van der Waals surface area contributed by atoms with Gasteiger partial charge in [0.1, 0.15) is 0 Å². The molecule has 1 saturated heterocycles. The molecule has 1 N–H and O–H groups in total. The molecule has 1 aliphatic rings. The summed E-state index contributed by atoms with van der Waals surface area (Å²) >= 11 is 0. The molecule has 0 radical (unpaired) electrons. The molecule has 1 aliphatic heterocycles. The molecule has 0 saturated carbocycles. The Labute approximate surface area is 131 Å². The summed E-state index contributed by atoms with van der Waals surface area (Å²) in [6.45, 7) is 5.15. The number of sulfone groups is 1. The van der Waals surface area contributed by atoms with Crippen LogP contribution in [0.4, 0.5) is 0 Å². The third-order valence-corrected chi connectivity index (χ3v) is 5.05. The molecule has 122 valence electrons. The zero-order chi connectivity index (χ0) is 16.3. The number of amides is 1. The van der Waals surface area contributed by atoms with E-state index in [9.17, 15) is 13.2 Å². The van der Waals surface area contributed by atoms with E-state index in [4.69, 9.17) is 5.11 Å². The average molecular weight is 326 g/mol. The van der Waals surface area contributed by atoms with Crippen LogP contribution in [0, 0.1) is 6.92 Å². The number of nitrogens with zero attached hydrogens (tertiary/aromatic N) is 2. The van der Waals surface area contributed by atoms with Gasteiger partial charge in [-0.15, -0.1) is 0 Å². The number of aryl methyl sites for hydroxylation is 1. The molecule has 1 heterocycles. The first-order valence-electron chi connectivity index (χ1n) is 7.26. The zero-order valence-corrected chi connectivity index (χ0v) is 13.8. The molecule has 1 fully saturated rings. The van der Waals surface area contributed by atoms with Crippen LogP contribution in [0.1, 0.15) is 15.9 Å². The third-order valence-electron chi connectivity index (χ3n) is 3.94. The van der Waals surface area contributed by atoms with Gasteiger partial charge >= 0.3 is 0 Å². The van der Waals surface area contributed by atoms with Gasteiger partial charge in [0.15, 0.2) is 9.84 Å². The first-order chi connectivity index (χ1) is 10.3. The van der Waals surface area contributed by atoms with E-state index in [2.05, 4.69) is 4.90 Å². The van der Waals surface area contributed by atoms with Gasteiger partial charge in [0, 0.05) is 44.5 Å². The molecular weight excluding hydrogens is 304 g/mol. The minimum Gasteiger partial charge on any atom is -0.395 e. The average Bonchev–Trinajstić information content (AvgIpc) is 2.47. The smallest absolute Gasteiger partial charge is 0.254 e. The number of benzene rings is 1. The van der Waals surface area contributed by atoms with Gasteiger partial charge < -0.3 is 10.0 Å². The van der Waals surface area contributed by atoms with Crippen LogP contribution in [0.25, 0.3) is 0 Å². The van der Waals surface area contributed by atoms with Crippen molar-refractivity contribution < 1.29 is 18.3 Å². The van der Waals surface area contributed by atoms with Crippen molar-refractivity contribution in [1.82, 2.24) is 9.80 Å². The van der Waals surface area contributed by atoms with E-state index in [0.717, 1.165) is 24.9 Å². The van der Waals surface area contributed by atoms with E-state index < -0.39 is 9.84 Å².